The van der Waals surface area contributed by atoms with Gasteiger partial charge in [0.2, 0.25) is 0 Å². The Kier molecular flexibility index (Phi) is 6.21. The zero-order valence-corrected chi connectivity index (χ0v) is 13.8. The molecule has 1 aromatic rings. The van der Waals surface area contributed by atoms with Gasteiger partial charge in [-0.3, -0.25) is 4.79 Å². The third-order valence-electron chi connectivity index (χ3n) is 4.03. The van der Waals surface area contributed by atoms with E-state index in [-0.39, 0.29) is 5.91 Å². The second-order valence-electron chi connectivity index (χ2n) is 6.03. The van der Waals surface area contributed by atoms with Gasteiger partial charge in [-0.25, -0.2) is 0 Å². The first-order valence-corrected chi connectivity index (χ1v) is 7.95. The van der Waals surface area contributed by atoms with Crippen LogP contribution in [0.5, 0.6) is 5.75 Å². The highest BCUT2D eigenvalue weighted by atomic mass is 16.5. The lowest BCUT2D eigenvalue weighted by molar-refractivity contribution is 0.0693. The molecule has 0 saturated carbocycles. The molecule has 5 heteroatoms. The minimum absolute atomic E-state index is 0.0698. The number of nitrogens with zero attached hydrogens (tertiary/aromatic N) is 2. The first-order chi connectivity index (χ1) is 10.6. The fraction of sp³-hybridized carbons (Fsp3) is 0.588. The molecule has 1 aromatic carbocycles. The van der Waals surface area contributed by atoms with E-state index in [4.69, 9.17) is 4.74 Å². The standard InChI is InChI=1S/C17H27N3O2/c1-18-14-7-6-10-20(13-14)17(21)15-8-4-5-9-16(15)22-12-11-19(2)3/h4-5,8-9,14,18H,6-7,10-13H2,1-3H3/t14-/m0/s1. The van der Waals surface area contributed by atoms with Gasteiger partial charge in [-0.1, -0.05) is 12.1 Å². The molecule has 122 valence electrons. The topological polar surface area (TPSA) is 44.8 Å². The normalized spacial score (nSPS) is 18.5. The summed E-state index contributed by atoms with van der Waals surface area (Å²) >= 11 is 0. The van der Waals surface area contributed by atoms with Crippen LogP contribution in [0, 0.1) is 0 Å². The van der Waals surface area contributed by atoms with E-state index in [1.165, 1.54) is 0 Å². The van der Waals surface area contributed by atoms with Crippen LogP contribution in [0.15, 0.2) is 24.3 Å². The monoisotopic (exact) mass is 305 g/mol. The summed E-state index contributed by atoms with van der Waals surface area (Å²) in [5, 5.41) is 3.27. The molecule has 1 aliphatic rings. The highest BCUT2D eigenvalue weighted by Crippen LogP contribution is 2.22. The van der Waals surface area contributed by atoms with E-state index in [1.807, 2.05) is 50.3 Å². The quantitative estimate of drug-likeness (QED) is 0.864. The first kappa shape index (κ1) is 16.8. The second-order valence-corrected chi connectivity index (χ2v) is 6.03. The zero-order valence-electron chi connectivity index (χ0n) is 13.8. The molecule has 0 aliphatic carbocycles. The number of likely N-dealkylation sites (tertiary alicyclic amines) is 1. The summed E-state index contributed by atoms with van der Waals surface area (Å²) in [5.74, 6) is 0.751. The van der Waals surface area contributed by atoms with Crippen LogP contribution in [-0.4, -0.2) is 69.1 Å². The van der Waals surface area contributed by atoms with Crippen molar-refractivity contribution in [2.45, 2.75) is 18.9 Å². The van der Waals surface area contributed by atoms with Crippen molar-refractivity contribution in [2.75, 3.05) is 47.4 Å². The Hall–Kier alpha value is -1.59. The molecule has 1 aliphatic heterocycles. The molecule has 2 rings (SSSR count). The number of carbonyl (C=O) groups excluding carboxylic acids is 1. The summed E-state index contributed by atoms with van der Waals surface area (Å²) < 4.78 is 5.81. The van der Waals surface area contributed by atoms with Crippen LogP contribution in [0.3, 0.4) is 0 Å². The Morgan fingerprint density at radius 3 is 2.91 bits per heavy atom. The van der Waals surface area contributed by atoms with Gasteiger partial charge in [0.05, 0.1) is 5.56 Å². The molecule has 1 heterocycles. The highest BCUT2D eigenvalue weighted by molar-refractivity contribution is 5.97. The molecule has 1 saturated heterocycles. The lowest BCUT2D eigenvalue weighted by atomic mass is 10.0. The fourth-order valence-corrected chi connectivity index (χ4v) is 2.67. The number of rotatable bonds is 6. The van der Waals surface area contributed by atoms with Gasteiger partial charge in [0.1, 0.15) is 12.4 Å². The summed E-state index contributed by atoms with van der Waals surface area (Å²) in [4.78, 5) is 16.8. The fourth-order valence-electron chi connectivity index (χ4n) is 2.67. The van der Waals surface area contributed by atoms with Crippen LogP contribution in [0.4, 0.5) is 0 Å². The van der Waals surface area contributed by atoms with E-state index in [0.29, 0.717) is 24.0 Å². The minimum Gasteiger partial charge on any atom is -0.491 e. The molecule has 1 N–H and O–H groups in total. The van der Waals surface area contributed by atoms with E-state index in [9.17, 15) is 4.79 Å². The number of ether oxygens (including phenoxy) is 1. The molecule has 1 amide bonds. The molecule has 0 spiro atoms. The molecular formula is C17H27N3O2. The molecule has 0 bridgehead atoms. The first-order valence-electron chi connectivity index (χ1n) is 7.95. The molecule has 1 fully saturated rings. The van der Waals surface area contributed by atoms with Crippen LogP contribution in [0.1, 0.15) is 23.2 Å². The van der Waals surface area contributed by atoms with Gasteiger partial charge in [0, 0.05) is 25.7 Å². The lowest BCUT2D eigenvalue weighted by Gasteiger charge is -2.33. The number of carbonyl (C=O) groups is 1. The Morgan fingerprint density at radius 1 is 1.41 bits per heavy atom. The Bertz CT molecular complexity index is 491. The summed E-state index contributed by atoms with van der Waals surface area (Å²) in [6.07, 6.45) is 2.17. The van der Waals surface area contributed by atoms with Gasteiger partial charge in [-0.15, -0.1) is 0 Å². The van der Waals surface area contributed by atoms with Crippen molar-refractivity contribution in [1.29, 1.82) is 0 Å². The van der Waals surface area contributed by atoms with Gasteiger partial charge < -0.3 is 19.9 Å². The number of hydrogen-bond donors (Lipinski definition) is 1. The largest absolute Gasteiger partial charge is 0.491 e. The average Bonchev–Trinajstić information content (AvgIpc) is 2.54. The van der Waals surface area contributed by atoms with Crippen LogP contribution in [-0.2, 0) is 0 Å². The Balaban J connectivity index is 2.05. The van der Waals surface area contributed by atoms with E-state index < -0.39 is 0 Å². The molecule has 1 atom stereocenters. The van der Waals surface area contributed by atoms with E-state index in [0.717, 1.165) is 32.5 Å². The number of para-hydroxylation sites is 1. The predicted octanol–water partition coefficient (Wildman–Crippen LogP) is 1.45. The molecular weight excluding hydrogens is 278 g/mol. The van der Waals surface area contributed by atoms with Crippen molar-refractivity contribution < 1.29 is 9.53 Å². The number of benzene rings is 1. The van der Waals surface area contributed by atoms with Crippen molar-refractivity contribution >= 4 is 5.91 Å². The predicted molar refractivity (Wildman–Crippen MR) is 88.5 cm³/mol. The van der Waals surface area contributed by atoms with Crippen molar-refractivity contribution in [1.82, 2.24) is 15.1 Å². The summed E-state index contributed by atoms with van der Waals surface area (Å²) in [6.45, 7) is 2.99. The van der Waals surface area contributed by atoms with Crippen molar-refractivity contribution in [3.8, 4) is 5.75 Å². The molecule has 5 nitrogen and oxygen atoms in total. The third kappa shape index (κ3) is 4.45. The smallest absolute Gasteiger partial charge is 0.257 e. The van der Waals surface area contributed by atoms with Crippen LogP contribution >= 0.6 is 0 Å². The number of likely N-dealkylation sites (N-methyl/N-ethyl adjacent to an activating group) is 2. The van der Waals surface area contributed by atoms with E-state index in [2.05, 4.69) is 10.2 Å². The van der Waals surface area contributed by atoms with Crippen molar-refractivity contribution in [2.24, 2.45) is 0 Å². The number of nitrogens with one attached hydrogen (secondary N) is 1. The van der Waals surface area contributed by atoms with E-state index in [1.54, 1.807) is 0 Å². The minimum atomic E-state index is 0.0698. The molecule has 22 heavy (non-hydrogen) atoms. The summed E-state index contributed by atoms with van der Waals surface area (Å²) in [6, 6.07) is 7.93. The summed E-state index contributed by atoms with van der Waals surface area (Å²) in [7, 11) is 5.97. The van der Waals surface area contributed by atoms with Gasteiger partial charge >= 0.3 is 0 Å². The van der Waals surface area contributed by atoms with Gasteiger partial charge in [-0.2, -0.15) is 0 Å². The van der Waals surface area contributed by atoms with E-state index >= 15 is 0 Å². The van der Waals surface area contributed by atoms with Crippen molar-refractivity contribution in [3.63, 3.8) is 0 Å². The van der Waals surface area contributed by atoms with Crippen molar-refractivity contribution in [3.05, 3.63) is 29.8 Å². The number of amides is 1. The molecule has 0 unspecified atom stereocenters. The highest BCUT2D eigenvalue weighted by Gasteiger charge is 2.25. The Morgan fingerprint density at radius 2 is 2.18 bits per heavy atom. The van der Waals surface area contributed by atoms with Crippen LogP contribution < -0.4 is 10.1 Å². The number of piperidine rings is 1. The average molecular weight is 305 g/mol. The number of hydrogen-bond acceptors (Lipinski definition) is 4. The molecule has 0 aromatic heterocycles. The third-order valence-corrected chi connectivity index (χ3v) is 4.03. The van der Waals surface area contributed by atoms with Gasteiger partial charge in [0.25, 0.3) is 5.91 Å². The SMILES string of the molecule is CN[C@H]1CCCN(C(=O)c2ccccc2OCCN(C)C)C1. The second kappa shape index (κ2) is 8.15. The van der Waals surface area contributed by atoms with Crippen LogP contribution in [0.2, 0.25) is 0 Å². The zero-order chi connectivity index (χ0) is 15.9. The maximum absolute atomic E-state index is 12.8. The summed E-state index contributed by atoms with van der Waals surface area (Å²) in [5.41, 5.74) is 0.665. The Labute approximate surface area is 133 Å². The maximum Gasteiger partial charge on any atom is 0.257 e. The van der Waals surface area contributed by atoms with Gasteiger partial charge in [0.15, 0.2) is 0 Å². The maximum atomic E-state index is 12.8. The lowest BCUT2D eigenvalue weighted by Crippen LogP contribution is -2.47. The molecule has 0 radical (unpaired) electrons. The van der Waals surface area contributed by atoms with Gasteiger partial charge in [-0.05, 0) is 46.1 Å². The van der Waals surface area contributed by atoms with Crippen LogP contribution in [0.25, 0.3) is 0 Å².